The number of benzene rings is 2. The fraction of sp³-hybridized carbons (Fsp3) is 0.333. The summed E-state index contributed by atoms with van der Waals surface area (Å²) in [6.07, 6.45) is 0. The van der Waals surface area contributed by atoms with Crippen LogP contribution in [0.1, 0.15) is 5.56 Å². The van der Waals surface area contributed by atoms with Crippen molar-refractivity contribution < 1.29 is 19.2 Å². The molecule has 0 aliphatic carbocycles. The maximum Gasteiger partial charge on any atom is 0.316 e. The van der Waals surface area contributed by atoms with Gasteiger partial charge in [0.25, 0.3) is 11.6 Å². The number of nitro groups is 1. The Bertz CT molecular complexity index is 911. The minimum Gasteiger partial charge on any atom is -0.455 e. The van der Waals surface area contributed by atoms with E-state index in [1.165, 1.54) is 23.9 Å². The lowest BCUT2D eigenvalue weighted by molar-refractivity contribution is -0.384. The lowest BCUT2D eigenvalue weighted by Crippen LogP contribution is -2.50. The summed E-state index contributed by atoms with van der Waals surface area (Å²) in [6, 6.07) is 14.2. The first kappa shape index (κ1) is 21.6. The van der Waals surface area contributed by atoms with Crippen molar-refractivity contribution in [1.29, 1.82) is 0 Å². The maximum absolute atomic E-state index is 12.3. The van der Waals surface area contributed by atoms with E-state index >= 15 is 0 Å². The van der Waals surface area contributed by atoms with Crippen molar-refractivity contribution >= 4 is 35.0 Å². The molecule has 1 amide bonds. The highest BCUT2D eigenvalue weighted by Gasteiger charge is 2.22. The predicted molar refractivity (Wildman–Crippen MR) is 115 cm³/mol. The van der Waals surface area contributed by atoms with Crippen LogP contribution in [0.25, 0.3) is 0 Å². The van der Waals surface area contributed by atoms with Crippen LogP contribution >= 0.6 is 11.8 Å². The lowest BCUT2D eigenvalue weighted by Gasteiger charge is -2.36. The summed E-state index contributed by atoms with van der Waals surface area (Å²) in [6.45, 7) is 3.95. The second kappa shape index (κ2) is 10.1. The number of anilines is 1. The van der Waals surface area contributed by atoms with E-state index in [4.69, 9.17) is 4.74 Å². The Balaban J connectivity index is 1.40. The number of hydrogen-bond acceptors (Lipinski definition) is 7. The molecule has 9 heteroatoms. The third kappa shape index (κ3) is 5.73. The van der Waals surface area contributed by atoms with Crippen molar-refractivity contribution in [2.75, 3.05) is 43.4 Å². The molecule has 1 saturated heterocycles. The van der Waals surface area contributed by atoms with Crippen LogP contribution in [-0.2, 0) is 14.3 Å². The SMILES string of the molecule is Cc1ccccc1SCC(=O)OCC(=O)N1CCN(c2ccc([N+](=O)[O-])cc2)CC1. The third-order valence-electron chi connectivity index (χ3n) is 4.85. The lowest BCUT2D eigenvalue weighted by atomic mass is 10.2. The largest absolute Gasteiger partial charge is 0.455 e. The Hall–Kier alpha value is -3.07. The average molecular weight is 429 g/mol. The number of esters is 1. The fourth-order valence-electron chi connectivity index (χ4n) is 3.13. The van der Waals surface area contributed by atoms with E-state index in [-0.39, 0.29) is 24.0 Å². The molecular weight excluding hydrogens is 406 g/mol. The standard InChI is InChI=1S/C21H23N3O5S/c1-16-4-2-3-5-19(16)30-15-21(26)29-14-20(25)23-12-10-22(11-13-23)17-6-8-18(9-7-17)24(27)28/h2-9H,10-15H2,1H3. The van der Waals surface area contributed by atoms with E-state index < -0.39 is 10.9 Å². The van der Waals surface area contributed by atoms with Crippen LogP contribution in [0.3, 0.4) is 0 Å². The van der Waals surface area contributed by atoms with E-state index in [1.807, 2.05) is 31.2 Å². The summed E-state index contributed by atoms with van der Waals surface area (Å²) in [7, 11) is 0. The van der Waals surface area contributed by atoms with E-state index in [2.05, 4.69) is 4.90 Å². The highest BCUT2D eigenvalue weighted by Crippen LogP contribution is 2.22. The number of nitro benzene ring substituents is 1. The number of amides is 1. The predicted octanol–water partition coefficient (Wildman–Crippen LogP) is 2.89. The Morgan fingerprint density at radius 3 is 2.37 bits per heavy atom. The first-order valence-electron chi connectivity index (χ1n) is 9.55. The van der Waals surface area contributed by atoms with E-state index in [0.29, 0.717) is 26.2 Å². The van der Waals surface area contributed by atoms with Crippen molar-refractivity contribution in [3.05, 3.63) is 64.2 Å². The van der Waals surface area contributed by atoms with Crippen molar-refractivity contribution in [2.45, 2.75) is 11.8 Å². The number of hydrogen-bond donors (Lipinski definition) is 0. The molecule has 0 radical (unpaired) electrons. The molecule has 0 atom stereocenters. The minimum absolute atomic E-state index is 0.0509. The van der Waals surface area contributed by atoms with Crippen LogP contribution < -0.4 is 4.90 Å². The second-order valence-electron chi connectivity index (χ2n) is 6.86. The van der Waals surface area contributed by atoms with E-state index in [9.17, 15) is 19.7 Å². The molecule has 3 rings (SSSR count). The van der Waals surface area contributed by atoms with Crippen molar-refractivity contribution in [3.8, 4) is 0 Å². The number of carbonyl (C=O) groups is 2. The molecule has 1 heterocycles. The van der Waals surface area contributed by atoms with Gasteiger partial charge in [0.15, 0.2) is 6.61 Å². The molecule has 0 bridgehead atoms. The minimum atomic E-state index is -0.429. The second-order valence-corrected chi connectivity index (χ2v) is 7.87. The first-order chi connectivity index (χ1) is 14.4. The maximum atomic E-state index is 12.3. The molecule has 30 heavy (non-hydrogen) atoms. The quantitative estimate of drug-likeness (QED) is 0.289. The molecule has 2 aromatic carbocycles. The Morgan fingerprint density at radius 2 is 1.73 bits per heavy atom. The molecule has 1 fully saturated rings. The van der Waals surface area contributed by atoms with Crippen LogP contribution in [0, 0.1) is 17.0 Å². The van der Waals surface area contributed by atoms with Crippen LogP contribution in [0.5, 0.6) is 0 Å². The summed E-state index contributed by atoms with van der Waals surface area (Å²) in [5.41, 5.74) is 2.03. The Labute approximate surface area is 178 Å². The highest BCUT2D eigenvalue weighted by molar-refractivity contribution is 8.00. The van der Waals surface area contributed by atoms with Gasteiger partial charge in [0.05, 0.1) is 10.7 Å². The number of piperazine rings is 1. The normalized spacial score (nSPS) is 13.8. The molecule has 1 aliphatic rings. The molecule has 0 spiro atoms. The number of ether oxygens (including phenoxy) is 1. The number of carbonyl (C=O) groups excluding carboxylic acids is 2. The summed E-state index contributed by atoms with van der Waals surface area (Å²) in [5, 5.41) is 10.8. The van der Waals surface area contributed by atoms with Gasteiger partial charge in [0, 0.05) is 48.9 Å². The molecule has 158 valence electrons. The zero-order valence-electron chi connectivity index (χ0n) is 16.7. The first-order valence-corrected chi connectivity index (χ1v) is 10.5. The molecular formula is C21H23N3O5S. The van der Waals surface area contributed by atoms with Gasteiger partial charge < -0.3 is 14.5 Å². The topological polar surface area (TPSA) is 93.0 Å². The zero-order valence-corrected chi connectivity index (χ0v) is 17.5. The number of nitrogens with zero attached hydrogens (tertiary/aromatic N) is 3. The van der Waals surface area contributed by atoms with Gasteiger partial charge in [-0.1, -0.05) is 18.2 Å². The summed E-state index contributed by atoms with van der Waals surface area (Å²) < 4.78 is 5.14. The average Bonchev–Trinajstić information content (AvgIpc) is 2.77. The molecule has 2 aromatic rings. The van der Waals surface area contributed by atoms with Gasteiger partial charge in [-0.15, -0.1) is 11.8 Å². The smallest absolute Gasteiger partial charge is 0.316 e. The van der Waals surface area contributed by atoms with Crippen molar-refractivity contribution in [3.63, 3.8) is 0 Å². The zero-order chi connectivity index (χ0) is 21.5. The number of rotatable bonds is 7. The monoisotopic (exact) mass is 429 g/mol. The molecule has 1 aliphatic heterocycles. The Morgan fingerprint density at radius 1 is 1.07 bits per heavy atom. The van der Waals surface area contributed by atoms with Crippen LogP contribution in [0.4, 0.5) is 11.4 Å². The summed E-state index contributed by atoms with van der Waals surface area (Å²) in [4.78, 5) is 39.4. The number of non-ortho nitro benzene ring substituents is 1. The molecule has 0 N–H and O–H groups in total. The number of aryl methyl sites for hydroxylation is 1. The van der Waals surface area contributed by atoms with Crippen molar-refractivity contribution in [2.24, 2.45) is 0 Å². The van der Waals surface area contributed by atoms with Crippen LogP contribution in [0.2, 0.25) is 0 Å². The van der Waals surface area contributed by atoms with Gasteiger partial charge in [0.1, 0.15) is 0 Å². The number of thioether (sulfide) groups is 1. The van der Waals surface area contributed by atoms with Gasteiger partial charge in [-0.3, -0.25) is 19.7 Å². The highest BCUT2D eigenvalue weighted by atomic mass is 32.2. The van der Waals surface area contributed by atoms with Gasteiger partial charge >= 0.3 is 5.97 Å². The summed E-state index contributed by atoms with van der Waals surface area (Å²) >= 11 is 1.39. The van der Waals surface area contributed by atoms with E-state index in [0.717, 1.165) is 16.1 Å². The molecule has 0 saturated carbocycles. The van der Waals surface area contributed by atoms with Crippen LogP contribution in [-0.4, -0.2) is 60.2 Å². The fourth-order valence-corrected chi connectivity index (χ4v) is 3.96. The van der Waals surface area contributed by atoms with Crippen LogP contribution in [0.15, 0.2) is 53.4 Å². The van der Waals surface area contributed by atoms with E-state index in [1.54, 1.807) is 17.0 Å². The van der Waals surface area contributed by atoms with Crippen molar-refractivity contribution in [1.82, 2.24) is 4.90 Å². The molecule has 0 unspecified atom stereocenters. The van der Waals surface area contributed by atoms with Gasteiger partial charge in [-0.2, -0.15) is 0 Å². The summed E-state index contributed by atoms with van der Waals surface area (Å²) in [5.74, 6) is -0.472. The molecule has 8 nitrogen and oxygen atoms in total. The van der Waals surface area contributed by atoms with Gasteiger partial charge in [0.2, 0.25) is 0 Å². The third-order valence-corrected chi connectivity index (χ3v) is 6.00. The Kier molecular flexibility index (Phi) is 7.29. The van der Waals surface area contributed by atoms with Gasteiger partial charge in [-0.25, -0.2) is 0 Å². The molecule has 0 aromatic heterocycles. The van der Waals surface area contributed by atoms with Gasteiger partial charge in [-0.05, 0) is 30.7 Å².